The summed E-state index contributed by atoms with van der Waals surface area (Å²) in [6, 6.07) is 0. The molecule has 45 heavy (non-hydrogen) atoms. The lowest BCUT2D eigenvalue weighted by Gasteiger charge is -2.40. The number of hydrogen-bond donors (Lipinski definition) is 1. The lowest BCUT2D eigenvalue weighted by molar-refractivity contribution is -0.145. The maximum absolute atomic E-state index is 16.2. The molecule has 0 heterocycles. The van der Waals surface area contributed by atoms with E-state index in [-0.39, 0.29) is 46.0 Å². The predicted molar refractivity (Wildman–Crippen MR) is 190 cm³/mol. The van der Waals surface area contributed by atoms with Crippen LogP contribution in [0, 0.1) is 41.4 Å². The SMILES string of the molecule is CCCC[C@H](C)C[C@@H](/C=C/[C@@H]1[C@@H]([C@@H](F)C#C[C@H]2CC[C@H](C(=O)OC)C2)[C@@H](O)C[C@H]1O[Si](C)(C)C(C)(C)C)O[Si](C)(C)C(C)(C)C. The first-order valence-corrected chi connectivity index (χ1v) is 23.4. The summed E-state index contributed by atoms with van der Waals surface area (Å²) >= 11 is 0. The first-order valence-electron chi connectivity index (χ1n) is 17.6. The first kappa shape index (κ1) is 40.2. The van der Waals surface area contributed by atoms with E-state index in [1.165, 1.54) is 20.0 Å². The van der Waals surface area contributed by atoms with Gasteiger partial charge in [0, 0.05) is 17.8 Å². The number of alkyl halides is 1. The van der Waals surface area contributed by atoms with Crippen molar-refractivity contribution < 1.29 is 27.9 Å². The maximum atomic E-state index is 16.2. The number of methoxy groups -OCH3 is 1. The number of carbonyl (C=O) groups is 1. The number of unbranched alkanes of at least 4 members (excludes halogenated alkanes) is 1. The van der Waals surface area contributed by atoms with Gasteiger partial charge in [-0.15, -0.1) is 0 Å². The number of carbonyl (C=O) groups excluding carboxylic acids is 1. The molecule has 5 nitrogen and oxygen atoms in total. The standard InChI is InChI=1S/C37H67FO5Si2/c1-14-15-16-26(2)23-29(42-44(10,11)36(3,4)5)20-21-30-33(43-45(12,13)37(6,7)8)25-32(39)34(30)31(38)22-18-27-17-19-28(24-27)35(40)41-9/h20-21,26-34,39H,14-17,19,23-25H2,1-13H3/b21-20+/t26-,27+,28-,29+,30-,31-,32-,33+,34-/m0/s1. The molecule has 2 rings (SSSR count). The molecular formula is C37H67FO5Si2. The highest BCUT2D eigenvalue weighted by Crippen LogP contribution is 2.45. The Bertz CT molecular complexity index is 1030. The van der Waals surface area contributed by atoms with Crippen LogP contribution in [0.3, 0.4) is 0 Å². The van der Waals surface area contributed by atoms with Crippen molar-refractivity contribution in [1.82, 2.24) is 0 Å². The highest BCUT2D eigenvalue weighted by molar-refractivity contribution is 6.74. The Balaban J connectivity index is 2.43. The molecule has 0 aliphatic heterocycles. The van der Waals surface area contributed by atoms with Gasteiger partial charge < -0.3 is 18.7 Å². The number of aliphatic hydroxyl groups is 1. The van der Waals surface area contributed by atoms with Gasteiger partial charge in [-0.05, 0) is 74.3 Å². The average Bonchev–Trinajstić information content (AvgIpc) is 3.51. The molecular weight excluding hydrogens is 600 g/mol. The predicted octanol–water partition coefficient (Wildman–Crippen LogP) is 9.47. The zero-order valence-electron chi connectivity index (χ0n) is 31.0. The van der Waals surface area contributed by atoms with Gasteiger partial charge in [0.2, 0.25) is 0 Å². The van der Waals surface area contributed by atoms with Crippen molar-refractivity contribution in [3.8, 4) is 11.8 Å². The van der Waals surface area contributed by atoms with Gasteiger partial charge in [-0.2, -0.15) is 0 Å². The maximum Gasteiger partial charge on any atom is 0.308 e. The van der Waals surface area contributed by atoms with Crippen LogP contribution in [0.1, 0.15) is 107 Å². The highest BCUT2D eigenvalue weighted by atomic mass is 28.4. The molecule has 0 saturated heterocycles. The van der Waals surface area contributed by atoms with Crippen molar-refractivity contribution in [3.63, 3.8) is 0 Å². The van der Waals surface area contributed by atoms with Crippen molar-refractivity contribution >= 4 is 22.6 Å². The molecule has 0 aromatic heterocycles. The lowest BCUT2D eigenvalue weighted by Crippen LogP contribution is -2.45. The van der Waals surface area contributed by atoms with E-state index in [2.05, 4.69) is 106 Å². The Labute approximate surface area is 278 Å². The summed E-state index contributed by atoms with van der Waals surface area (Å²) in [6.07, 6.45) is 8.46. The van der Waals surface area contributed by atoms with Crippen molar-refractivity contribution in [2.75, 3.05) is 7.11 Å². The molecule has 0 aromatic carbocycles. The van der Waals surface area contributed by atoms with Crippen LogP contribution in [0.25, 0.3) is 0 Å². The Morgan fingerprint density at radius 3 is 2.22 bits per heavy atom. The van der Waals surface area contributed by atoms with Crippen LogP contribution >= 0.6 is 0 Å². The fourth-order valence-corrected chi connectivity index (χ4v) is 8.86. The molecule has 0 unspecified atom stereocenters. The molecule has 2 saturated carbocycles. The van der Waals surface area contributed by atoms with Crippen LogP contribution in [-0.4, -0.2) is 59.3 Å². The molecule has 0 bridgehead atoms. The molecule has 260 valence electrons. The van der Waals surface area contributed by atoms with E-state index in [0.29, 0.717) is 18.8 Å². The van der Waals surface area contributed by atoms with Crippen LogP contribution < -0.4 is 0 Å². The van der Waals surface area contributed by atoms with Gasteiger partial charge in [-0.25, -0.2) is 4.39 Å². The third kappa shape index (κ3) is 11.3. The van der Waals surface area contributed by atoms with E-state index < -0.39 is 34.8 Å². The van der Waals surface area contributed by atoms with E-state index in [1.807, 2.05) is 0 Å². The minimum absolute atomic E-state index is 0.0133. The highest BCUT2D eigenvalue weighted by Gasteiger charge is 2.50. The molecule has 0 radical (unpaired) electrons. The van der Waals surface area contributed by atoms with E-state index >= 15 is 4.39 Å². The number of ether oxygens (including phenoxy) is 1. The minimum Gasteiger partial charge on any atom is -0.469 e. The van der Waals surface area contributed by atoms with E-state index in [0.717, 1.165) is 25.7 Å². The van der Waals surface area contributed by atoms with Crippen LogP contribution in [0.5, 0.6) is 0 Å². The molecule has 0 amide bonds. The molecule has 1 N–H and O–H groups in total. The molecule has 2 aliphatic carbocycles. The van der Waals surface area contributed by atoms with E-state index in [9.17, 15) is 9.90 Å². The second-order valence-corrected chi connectivity index (χ2v) is 26.6. The van der Waals surface area contributed by atoms with Crippen LogP contribution in [0.15, 0.2) is 12.2 Å². The van der Waals surface area contributed by atoms with E-state index in [1.54, 1.807) is 0 Å². The lowest BCUT2D eigenvalue weighted by atomic mass is 9.88. The van der Waals surface area contributed by atoms with Crippen LogP contribution in [0.4, 0.5) is 4.39 Å². The minimum atomic E-state index is -2.20. The third-order valence-electron chi connectivity index (χ3n) is 11.3. The zero-order chi connectivity index (χ0) is 34.4. The largest absolute Gasteiger partial charge is 0.469 e. The summed E-state index contributed by atoms with van der Waals surface area (Å²) in [7, 11) is -2.87. The number of rotatable bonds is 13. The molecule has 9 atom stereocenters. The Morgan fingerprint density at radius 1 is 1.04 bits per heavy atom. The van der Waals surface area contributed by atoms with Crippen molar-refractivity contribution in [2.24, 2.45) is 29.6 Å². The van der Waals surface area contributed by atoms with Gasteiger partial charge in [-0.3, -0.25) is 4.79 Å². The summed E-state index contributed by atoms with van der Waals surface area (Å²) in [6.45, 7) is 27.0. The van der Waals surface area contributed by atoms with Gasteiger partial charge in [-0.1, -0.05) is 98.6 Å². The quantitative estimate of drug-likeness (QED) is 0.0918. The average molecular weight is 667 g/mol. The topological polar surface area (TPSA) is 65.0 Å². The summed E-state index contributed by atoms with van der Waals surface area (Å²) < 4.78 is 35.0. The Hall–Kier alpha value is -0.986. The third-order valence-corrected chi connectivity index (χ3v) is 20.3. The summed E-state index contributed by atoms with van der Waals surface area (Å²) in [4.78, 5) is 12.0. The first-order chi connectivity index (χ1) is 20.6. The second-order valence-electron chi connectivity index (χ2n) is 17.1. The van der Waals surface area contributed by atoms with Gasteiger partial charge in [0.15, 0.2) is 22.8 Å². The van der Waals surface area contributed by atoms with Gasteiger partial charge >= 0.3 is 5.97 Å². The molecule has 2 aliphatic rings. The molecule has 0 aromatic rings. The number of aliphatic hydroxyl groups excluding tert-OH is 1. The Kier molecular flexibility index (Phi) is 14.7. The van der Waals surface area contributed by atoms with Crippen molar-refractivity contribution in [3.05, 3.63) is 12.2 Å². The fraction of sp³-hybridized carbons (Fsp3) is 0.865. The molecule has 0 spiro atoms. The zero-order valence-corrected chi connectivity index (χ0v) is 33.0. The number of halogens is 1. The number of esters is 1. The fourth-order valence-electron chi connectivity index (χ4n) is 6.21. The second kappa shape index (κ2) is 16.4. The van der Waals surface area contributed by atoms with Gasteiger partial charge in [0.25, 0.3) is 0 Å². The summed E-state index contributed by atoms with van der Waals surface area (Å²) in [5.74, 6) is 5.11. The smallest absolute Gasteiger partial charge is 0.308 e. The molecule has 2 fully saturated rings. The number of hydrogen-bond acceptors (Lipinski definition) is 5. The summed E-state index contributed by atoms with van der Waals surface area (Å²) in [5, 5.41) is 11.4. The van der Waals surface area contributed by atoms with Crippen LogP contribution in [-0.2, 0) is 18.4 Å². The monoisotopic (exact) mass is 666 g/mol. The Morgan fingerprint density at radius 2 is 1.67 bits per heavy atom. The van der Waals surface area contributed by atoms with Crippen molar-refractivity contribution in [1.29, 1.82) is 0 Å². The van der Waals surface area contributed by atoms with Crippen LogP contribution in [0.2, 0.25) is 36.3 Å². The normalized spacial score (nSPS) is 28.5. The van der Waals surface area contributed by atoms with Gasteiger partial charge in [0.1, 0.15) is 0 Å². The summed E-state index contributed by atoms with van der Waals surface area (Å²) in [5.41, 5.74) is 0. The van der Waals surface area contributed by atoms with Gasteiger partial charge in [0.05, 0.1) is 31.3 Å². The van der Waals surface area contributed by atoms with E-state index in [4.69, 9.17) is 13.6 Å². The molecule has 8 heteroatoms. The van der Waals surface area contributed by atoms with Crippen molar-refractivity contribution in [2.45, 2.75) is 168 Å².